The Labute approximate surface area is 101 Å². The number of hydrogen-bond donors (Lipinski definition) is 0. The highest BCUT2D eigenvalue weighted by atomic mass is 16.5. The molecular formula is C14H16O3. The van der Waals surface area contributed by atoms with E-state index in [2.05, 4.69) is 0 Å². The van der Waals surface area contributed by atoms with Crippen LogP contribution < -0.4 is 0 Å². The monoisotopic (exact) mass is 232 g/mol. The molecule has 1 aromatic carbocycles. The van der Waals surface area contributed by atoms with Crippen LogP contribution in [0, 0.1) is 0 Å². The van der Waals surface area contributed by atoms with Crippen LogP contribution in [0.4, 0.5) is 0 Å². The Balaban J connectivity index is 2.45. The van der Waals surface area contributed by atoms with Gasteiger partial charge in [-0.25, -0.2) is 0 Å². The van der Waals surface area contributed by atoms with Crippen molar-refractivity contribution in [2.75, 3.05) is 6.61 Å². The number of ether oxygens (including phenoxy) is 1. The molecule has 17 heavy (non-hydrogen) atoms. The second-order valence-corrected chi connectivity index (χ2v) is 3.94. The topological polar surface area (TPSA) is 43.4 Å². The van der Waals surface area contributed by atoms with E-state index in [-0.39, 0.29) is 18.8 Å². The molecule has 0 saturated carbocycles. The Bertz CT molecular complexity index is 418. The van der Waals surface area contributed by atoms with Crippen LogP contribution in [0.5, 0.6) is 0 Å². The number of carbonyl (C=O) groups excluding carboxylic acids is 2. The van der Waals surface area contributed by atoms with Crippen molar-refractivity contribution < 1.29 is 14.3 Å². The number of hydrogen-bond acceptors (Lipinski definition) is 3. The number of ketones is 1. The summed E-state index contributed by atoms with van der Waals surface area (Å²) < 4.78 is 4.96. The molecule has 0 saturated heterocycles. The van der Waals surface area contributed by atoms with Crippen LogP contribution in [-0.2, 0) is 14.3 Å². The Hall–Kier alpha value is -1.90. The second-order valence-electron chi connectivity index (χ2n) is 3.94. The van der Waals surface area contributed by atoms with Crippen LogP contribution in [-0.4, -0.2) is 18.4 Å². The molecule has 0 amide bonds. The molecule has 0 unspecified atom stereocenters. The Morgan fingerprint density at radius 2 is 1.82 bits per heavy atom. The van der Waals surface area contributed by atoms with E-state index in [0.29, 0.717) is 0 Å². The second kappa shape index (κ2) is 6.63. The lowest BCUT2D eigenvalue weighted by Crippen LogP contribution is -2.10. The third kappa shape index (κ3) is 5.66. The quantitative estimate of drug-likeness (QED) is 0.579. The Morgan fingerprint density at radius 3 is 2.41 bits per heavy atom. The van der Waals surface area contributed by atoms with Gasteiger partial charge in [0.05, 0.1) is 0 Å². The van der Waals surface area contributed by atoms with Gasteiger partial charge in [0.1, 0.15) is 18.8 Å². The molecule has 0 aliphatic carbocycles. The fraction of sp³-hybridized carbons (Fsp3) is 0.286. The summed E-state index contributed by atoms with van der Waals surface area (Å²) in [6.45, 7) is 3.48. The minimum absolute atomic E-state index is 0.154. The SMILES string of the molecule is CC(=O)CC(=O)OC/C(C)=C/c1ccccc1. The molecule has 0 N–H and O–H groups in total. The maximum Gasteiger partial charge on any atom is 0.313 e. The summed E-state index contributed by atoms with van der Waals surface area (Å²) in [4.78, 5) is 21.8. The first-order chi connectivity index (χ1) is 8.08. The normalized spacial score (nSPS) is 11.1. The van der Waals surface area contributed by atoms with Gasteiger partial charge in [-0.1, -0.05) is 36.4 Å². The Morgan fingerprint density at radius 1 is 1.18 bits per heavy atom. The highest BCUT2D eigenvalue weighted by Crippen LogP contribution is 2.06. The van der Waals surface area contributed by atoms with Crippen molar-refractivity contribution in [1.82, 2.24) is 0 Å². The van der Waals surface area contributed by atoms with Crippen molar-refractivity contribution >= 4 is 17.8 Å². The molecule has 1 rings (SSSR count). The molecule has 0 bridgehead atoms. The van der Waals surface area contributed by atoms with Gasteiger partial charge in [-0.15, -0.1) is 0 Å². The van der Waals surface area contributed by atoms with Crippen LogP contribution in [0.1, 0.15) is 25.8 Å². The third-order valence-electron chi connectivity index (χ3n) is 2.07. The van der Waals surface area contributed by atoms with Crippen molar-refractivity contribution in [1.29, 1.82) is 0 Å². The van der Waals surface area contributed by atoms with Gasteiger partial charge in [-0.3, -0.25) is 9.59 Å². The average Bonchev–Trinajstić information content (AvgIpc) is 2.27. The van der Waals surface area contributed by atoms with Gasteiger partial charge >= 0.3 is 5.97 Å². The maximum atomic E-state index is 11.1. The lowest BCUT2D eigenvalue weighted by atomic mass is 10.1. The third-order valence-corrected chi connectivity index (χ3v) is 2.07. The highest BCUT2D eigenvalue weighted by molar-refractivity contribution is 5.94. The zero-order valence-electron chi connectivity index (χ0n) is 10.1. The molecule has 0 fully saturated rings. The highest BCUT2D eigenvalue weighted by Gasteiger charge is 2.05. The molecule has 0 aliphatic heterocycles. The van der Waals surface area contributed by atoms with E-state index in [1.807, 2.05) is 43.3 Å². The molecule has 0 aliphatic rings. The molecular weight excluding hydrogens is 216 g/mol. The van der Waals surface area contributed by atoms with Crippen LogP contribution in [0.15, 0.2) is 35.9 Å². The van der Waals surface area contributed by atoms with Gasteiger partial charge in [-0.05, 0) is 25.0 Å². The molecule has 0 radical (unpaired) electrons. The predicted molar refractivity (Wildman–Crippen MR) is 66.4 cm³/mol. The summed E-state index contributed by atoms with van der Waals surface area (Å²) in [6, 6.07) is 9.78. The molecule has 0 spiro atoms. The standard InChI is InChI=1S/C14H16O3/c1-11(8-13-6-4-3-5-7-13)10-17-14(16)9-12(2)15/h3-8H,9-10H2,1-2H3/b11-8+. The van der Waals surface area contributed by atoms with Crippen LogP contribution in [0.3, 0.4) is 0 Å². The molecule has 3 heteroatoms. The average molecular weight is 232 g/mol. The number of rotatable bonds is 5. The van der Waals surface area contributed by atoms with Crippen LogP contribution >= 0.6 is 0 Å². The largest absolute Gasteiger partial charge is 0.461 e. The summed E-state index contributed by atoms with van der Waals surface area (Å²) in [5.74, 6) is -0.655. The lowest BCUT2D eigenvalue weighted by Gasteiger charge is -2.04. The summed E-state index contributed by atoms with van der Waals surface area (Å²) >= 11 is 0. The zero-order valence-corrected chi connectivity index (χ0v) is 10.1. The van der Waals surface area contributed by atoms with Crippen molar-refractivity contribution in [2.24, 2.45) is 0 Å². The minimum Gasteiger partial charge on any atom is -0.461 e. The van der Waals surface area contributed by atoms with Gasteiger partial charge in [0.25, 0.3) is 0 Å². The molecule has 1 aromatic rings. The summed E-state index contributed by atoms with van der Waals surface area (Å²) in [5, 5.41) is 0. The number of Topliss-reactive ketones (excluding diaryl/α,β-unsaturated/α-hetero) is 1. The molecule has 0 heterocycles. The van der Waals surface area contributed by atoms with Crippen molar-refractivity contribution in [3.05, 3.63) is 41.5 Å². The van der Waals surface area contributed by atoms with Gasteiger partial charge in [0.15, 0.2) is 0 Å². The molecule has 90 valence electrons. The van der Waals surface area contributed by atoms with Gasteiger partial charge in [0, 0.05) is 0 Å². The summed E-state index contributed by atoms with van der Waals surface area (Å²) in [5.41, 5.74) is 2.00. The van der Waals surface area contributed by atoms with E-state index in [0.717, 1.165) is 11.1 Å². The smallest absolute Gasteiger partial charge is 0.313 e. The van der Waals surface area contributed by atoms with E-state index in [9.17, 15) is 9.59 Å². The van der Waals surface area contributed by atoms with E-state index >= 15 is 0 Å². The first-order valence-corrected chi connectivity index (χ1v) is 5.45. The van der Waals surface area contributed by atoms with Gasteiger partial charge < -0.3 is 4.74 Å². The van der Waals surface area contributed by atoms with E-state index in [1.165, 1.54) is 6.92 Å². The Kier molecular flexibility index (Phi) is 5.14. The van der Waals surface area contributed by atoms with E-state index < -0.39 is 5.97 Å². The van der Waals surface area contributed by atoms with Crippen molar-refractivity contribution in [2.45, 2.75) is 20.3 Å². The maximum absolute atomic E-state index is 11.1. The lowest BCUT2D eigenvalue weighted by molar-refractivity contribution is -0.144. The summed E-state index contributed by atoms with van der Waals surface area (Å²) in [6.07, 6.45) is 1.79. The zero-order chi connectivity index (χ0) is 12.7. The number of benzene rings is 1. The molecule has 0 atom stereocenters. The first kappa shape index (κ1) is 13.2. The number of carbonyl (C=O) groups is 2. The van der Waals surface area contributed by atoms with Crippen LogP contribution in [0.25, 0.3) is 6.08 Å². The van der Waals surface area contributed by atoms with Crippen molar-refractivity contribution in [3.8, 4) is 0 Å². The summed E-state index contributed by atoms with van der Waals surface area (Å²) in [7, 11) is 0. The number of esters is 1. The van der Waals surface area contributed by atoms with E-state index in [4.69, 9.17) is 4.74 Å². The van der Waals surface area contributed by atoms with Gasteiger partial charge in [0.2, 0.25) is 0 Å². The minimum atomic E-state index is -0.474. The van der Waals surface area contributed by atoms with Crippen LogP contribution in [0.2, 0.25) is 0 Å². The fourth-order valence-electron chi connectivity index (χ4n) is 1.32. The molecule has 0 aromatic heterocycles. The fourth-order valence-corrected chi connectivity index (χ4v) is 1.32. The van der Waals surface area contributed by atoms with E-state index in [1.54, 1.807) is 0 Å². The van der Waals surface area contributed by atoms with Gasteiger partial charge in [-0.2, -0.15) is 0 Å². The molecule has 3 nitrogen and oxygen atoms in total. The predicted octanol–water partition coefficient (Wildman–Crippen LogP) is 2.61. The van der Waals surface area contributed by atoms with Crippen molar-refractivity contribution in [3.63, 3.8) is 0 Å². The first-order valence-electron chi connectivity index (χ1n) is 5.45.